The topological polar surface area (TPSA) is 55.1 Å². The molecule has 0 aliphatic rings. The number of nitrogens with zero attached hydrogens (tertiary/aromatic N) is 1. The zero-order valence-electron chi connectivity index (χ0n) is 9.48. The third kappa shape index (κ3) is 2.84. The Morgan fingerprint density at radius 3 is 3.00 bits per heavy atom. The third-order valence-corrected chi connectivity index (χ3v) is 4.11. The normalized spacial score (nSPS) is 12.2. The molecule has 18 heavy (non-hydrogen) atoms. The van der Waals surface area contributed by atoms with E-state index in [1.165, 1.54) is 6.20 Å². The molecule has 2 heterocycles. The van der Waals surface area contributed by atoms with E-state index in [2.05, 4.69) is 10.3 Å². The molecular weight excluding hydrogens is 367 g/mol. The molecule has 0 aliphatic carbocycles. The Labute approximate surface area is 123 Å². The monoisotopic (exact) mass is 376 g/mol. The maximum absolute atomic E-state index is 12.1. The van der Waals surface area contributed by atoms with Crippen LogP contribution in [0.3, 0.4) is 0 Å². The molecule has 2 rings (SSSR count). The minimum absolute atomic E-state index is 0.199. The van der Waals surface area contributed by atoms with Crippen LogP contribution in [0, 0.1) is 3.57 Å². The van der Waals surface area contributed by atoms with E-state index in [1.54, 1.807) is 18.4 Å². The number of furan rings is 1. The maximum atomic E-state index is 12.1. The average Bonchev–Trinajstić information content (AvgIpc) is 2.86. The van der Waals surface area contributed by atoms with Gasteiger partial charge in [-0.05, 0) is 47.7 Å². The third-order valence-electron chi connectivity index (χ3n) is 2.41. The standard InChI is InChI=1S/C12H10ClIN2O2/c1-7(9-3-2-6-18-9)16-12(17)8-4-5-15-11(13)10(8)14/h2-7H,1H3,(H,16,17)/t7-/m1/s1. The summed E-state index contributed by atoms with van der Waals surface area (Å²) in [6, 6.07) is 5.04. The number of rotatable bonds is 3. The van der Waals surface area contributed by atoms with E-state index in [0.717, 1.165) is 0 Å². The van der Waals surface area contributed by atoms with E-state index in [9.17, 15) is 4.79 Å². The van der Waals surface area contributed by atoms with Crippen molar-refractivity contribution in [3.8, 4) is 0 Å². The van der Waals surface area contributed by atoms with Crippen LogP contribution in [0.2, 0.25) is 5.15 Å². The molecule has 1 amide bonds. The van der Waals surface area contributed by atoms with Gasteiger partial charge >= 0.3 is 0 Å². The Bertz CT molecular complexity index is 557. The van der Waals surface area contributed by atoms with Gasteiger partial charge in [0.05, 0.1) is 21.4 Å². The predicted octanol–water partition coefficient (Wildman–Crippen LogP) is 3.42. The first-order valence-electron chi connectivity index (χ1n) is 5.24. The quantitative estimate of drug-likeness (QED) is 0.660. The van der Waals surface area contributed by atoms with Gasteiger partial charge < -0.3 is 9.73 Å². The van der Waals surface area contributed by atoms with Crippen LogP contribution < -0.4 is 5.32 Å². The fraction of sp³-hybridized carbons (Fsp3) is 0.167. The fourth-order valence-electron chi connectivity index (χ4n) is 1.48. The molecule has 4 nitrogen and oxygen atoms in total. The lowest BCUT2D eigenvalue weighted by Gasteiger charge is -2.12. The zero-order chi connectivity index (χ0) is 13.1. The Balaban J connectivity index is 2.15. The molecule has 0 aliphatic heterocycles. The van der Waals surface area contributed by atoms with Crippen LogP contribution >= 0.6 is 34.2 Å². The number of amides is 1. The Kier molecular flexibility index (Phi) is 4.23. The van der Waals surface area contributed by atoms with Crippen LogP contribution in [0.4, 0.5) is 0 Å². The van der Waals surface area contributed by atoms with Gasteiger partial charge in [0, 0.05) is 6.20 Å². The second-order valence-corrected chi connectivity index (χ2v) is 5.11. The predicted molar refractivity (Wildman–Crippen MR) is 76.6 cm³/mol. The Hall–Kier alpha value is -1.08. The molecule has 1 N–H and O–H groups in total. The number of carbonyl (C=O) groups excluding carboxylic acids is 1. The van der Waals surface area contributed by atoms with Gasteiger partial charge in [-0.15, -0.1) is 0 Å². The van der Waals surface area contributed by atoms with Crippen molar-refractivity contribution >= 4 is 40.1 Å². The van der Waals surface area contributed by atoms with E-state index in [0.29, 0.717) is 20.0 Å². The molecule has 0 unspecified atom stereocenters. The van der Waals surface area contributed by atoms with Crippen molar-refractivity contribution in [1.82, 2.24) is 10.3 Å². The summed E-state index contributed by atoms with van der Waals surface area (Å²) in [6.07, 6.45) is 3.09. The summed E-state index contributed by atoms with van der Waals surface area (Å²) >= 11 is 7.88. The molecule has 0 radical (unpaired) electrons. The molecule has 0 fully saturated rings. The SMILES string of the molecule is C[C@@H](NC(=O)c1ccnc(Cl)c1I)c1ccco1. The van der Waals surface area contributed by atoms with Crippen molar-refractivity contribution in [2.45, 2.75) is 13.0 Å². The zero-order valence-corrected chi connectivity index (χ0v) is 12.4. The van der Waals surface area contributed by atoms with Crippen molar-refractivity contribution < 1.29 is 9.21 Å². The largest absolute Gasteiger partial charge is 0.467 e. The van der Waals surface area contributed by atoms with Crippen LogP contribution in [0.25, 0.3) is 0 Å². The first-order valence-corrected chi connectivity index (χ1v) is 6.69. The first kappa shape index (κ1) is 13.4. The van der Waals surface area contributed by atoms with Gasteiger partial charge in [-0.25, -0.2) is 4.98 Å². The van der Waals surface area contributed by atoms with Crippen molar-refractivity contribution in [2.24, 2.45) is 0 Å². The smallest absolute Gasteiger partial charge is 0.253 e. The number of carbonyl (C=O) groups is 1. The Morgan fingerprint density at radius 2 is 2.33 bits per heavy atom. The average molecular weight is 377 g/mol. The number of halogens is 2. The van der Waals surface area contributed by atoms with E-state index in [1.807, 2.05) is 35.6 Å². The highest BCUT2D eigenvalue weighted by atomic mass is 127. The van der Waals surface area contributed by atoms with Gasteiger partial charge in [0.1, 0.15) is 10.9 Å². The van der Waals surface area contributed by atoms with Gasteiger partial charge in [0.15, 0.2) is 0 Å². The summed E-state index contributed by atoms with van der Waals surface area (Å²) in [5.74, 6) is 0.506. The molecule has 0 bridgehead atoms. The van der Waals surface area contributed by atoms with Gasteiger partial charge in [-0.3, -0.25) is 4.79 Å². The molecule has 6 heteroatoms. The highest BCUT2D eigenvalue weighted by Crippen LogP contribution is 2.20. The molecule has 0 saturated carbocycles. The Morgan fingerprint density at radius 1 is 1.56 bits per heavy atom. The van der Waals surface area contributed by atoms with Crippen LogP contribution in [0.15, 0.2) is 35.1 Å². The summed E-state index contributed by atoms with van der Waals surface area (Å²) in [4.78, 5) is 16.0. The van der Waals surface area contributed by atoms with Gasteiger partial charge in [-0.2, -0.15) is 0 Å². The summed E-state index contributed by atoms with van der Waals surface area (Å²) in [7, 11) is 0. The lowest BCUT2D eigenvalue weighted by atomic mass is 10.2. The van der Waals surface area contributed by atoms with E-state index >= 15 is 0 Å². The number of pyridine rings is 1. The molecule has 94 valence electrons. The van der Waals surface area contributed by atoms with Crippen molar-refractivity contribution in [2.75, 3.05) is 0 Å². The lowest BCUT2D eigenvalue weighted by Crippen LogP contribution is -2.27. The van der Waals surface area contributed by atoms with Crippen molar-refractivity contribution in [1.29, 1.82) is 0 Å². The number of hydrogen-bond acceptors (Lipinski definition) is 3. The summed E-state index contributed by atoms with van der Waals surface area (Å²) in [5.41, 5.74) is 0.508. The van der Waals surface area contributed by atoms with E-state index in [-0.39, 0.29) is 11.9 Å². The van der Waals surface area contributed by atoms with Crippen LogP contribution in [-0.4, -0.2) is 10.9 Å². The molecule has 0 spiro atoms. The minimum Gasteiger partial charge on any atom is -0.467 e. The van der Waals surface area contributed by atoms with Crippen molar-refractivity contribution in [3.05, 3.63) is 50.7 Å². The summed E-state index contributed by atoms with van der Waals surface area (Å²) in [6.45, 7) is 1.85. The molecule has 2 aromatic heterocycles. The maximum Gasteiger partial charge on any atom is 0.253 e. The van der Waals surface area contributed by atoms with Gasteiger partial charge in [0.25, 0.3) is 5.91 Å². The highest BCUT2D eigenvalue weighted by molar-refractivity contribution is 14.1. The lowest BCUT2D eigenvalue weighted by molar-refractivity contribution is 0.0934. The number of hydrogen-bond donors (Lipinski definition) is 1. The summed E-state index contributed by atoms with van der Waals surface area (Å²) < 4.78 is 5.87. The fourth-order valence-corrected chi connectivity index (χ4v) is 2.20. The van der Waals surface area contributed by atoms with E-state index in [4.69, 9.17) is 16.0 Å². The van der Waals surface area contributed by atoms with E-state index < -0.39 is 0 Å². The second-order valence-electron chi connectivity index (χ2n) is 3.67. The van der Waals surface area contributed by atoms with Crippen LogP contribution in [0.1, 0.15) is 29.1 Å². The molecular formula is C12H10ClIN2O2. The minimum atomic E-state index is -0.201. The van der Waals surface area contributed by atoms with Crippen LogP contribution in [-0.2, 0) is 0 Å². The van der Waals surface area contributed by atoms with Crippen molar-refractivity contribution in [3.63, 3.8) is 0 Å². The molecule has 1 atom stereocenters. The number of nitrogens with one attached hydrogen (secondary N) is 1. The van der Waals surface area contributed by atoms with Gasteiger partial charge in [-0.1, -0.05) is 11.6 Å². The first-order chi connectivity index (χ1) is 8.59. The molecule has 0 saturated heterocycles. The number of aromatic nitrogens is 1. The van der Waals surface area contributed by atoms with Gasteiger partial charge in [0.2, 0.25) is 0 Å². The second kappa shape index (κ2) is 5.71. The van der Waals surface area contributed by atoms with Crippen LogP contribution in [0.5, 0.6) is 0 Å². The highest BCUT2D eigenvalue weighted by Gasteiger charge is 2.16. The molecule has 0 aromatic carbocycles. The summed E-state index contributed by atoms with van der Waals surface area (Å²) in [5, 5.41) is 3.17. The molecule has 2 aromatic rings.